The molecule has 16 heteroatoms. The second kappa shape index (κ2) is 12.2. The molecule has 0 aliphatic carbocycles. The van der Waals surface area contributed by atoms with Crippen LogP contribution in [0.3, 0.4) is 0 Å². The first-order chi connectivity index (χ1) is 19.7. The molecule has 2 saturated heterocycles. The second-order valence-electron chi connectivity index (χ2n) is 10.1. The highest BCUT2D eigenvalue weighted by atomic mass is 32.2. The van der Waals surface area contributed by atoms with Gasteiger partial charge in [0, 0.05) is 19.7 Å². The summed E-state index contributed by atoms with van der Waals surface area (Å²) in [5, 5.41) is 7.78. The lowest BCUT2D eigenvalue weighted by molar-refractivity contribution is 0.00143. The van der Waals surface area contributed by atoms with E-state index in [0.717, 1.165) is 18.8 Å². The van der Waals surface area contributed by atoms with Crippen LogP contribution in [0.15, 0.2) is 18.7 Å². The summed E-state index contributed by atoms with van der Waals surface area (Å²) in [4.78, 5) is 18.2. The van der Waals surface area contributed by atoms with Crippen LogP contribution >= 0.6 is 0 Å². The molecule has 0 bridgehead atoms. The summed E-state index contributed by atoms with van der Waals surface area (Å²) >= 11 is 0. The van der Waals surface area contributed by atoms with E-state index in [1.165, 1.54) is 20.5 Å². The minimum Gasteiger partial charge on any atom is -0.479 e. The molecule has 0 N–H and O–H groups in total. The zero-order chi connectivity index (χ0) is 29.1. The molecule has 41 heavy (non-hydrogen) atoms. The molecule has 3 aromatic heterocycles. The third kappa shape index (κ3) is 6.23. The summed E-state index contributed by atoms with van der Waals surface area (Å²) in [5.74, 6) is 0.0638. The first-order valence-electron chi connectivity index (χ1n) is 13.3. The zero-order valence-electron chi connectivity index (χ0n) is 23.3. The Balaban J connectivity index is 1.52. The number of sulfone groups is 1. The van der Waals surface area contributed by atoms with E-state index in [9.17, 15) is 12.8 Å². The summed E-state index contributed by atoms with van der Waals surface area (Å²) < 4.78 is 66.1. The molecule has 0 aromatic carbocycles. The molecule has 2 fully saturated rings. The van der Waals surface area contributed by atoms with E-state index >= 15 is 0 Å². The van der Waals surface area contributed by atoms with Crippen LogP contribution in [0, 0.1) is 5.82 Å². The van der Waals surface area contributed by atoms with Gasteiger partial charge in [-0.3, -0.25) is 4.57 Å². The molecule has 2 aliphatic rings. The molecule has 0 unspecified atom stereocenters. The van der Waals surface area contributed by atoms with Gasteiger partial charge < -0.3 is 23.8 Å². The lowest BCUT2D eigenvalue weighted by Crippen LogP contribution is -2.51. The highest BCUT2D eigenvalue weighted by Gasteiger charge is 2.39. The third-order valence-electron chi connectivity index (χ3n) is 6.90. The van der Waals surface area contributed by atoms with Gasteiger partial charge >= 0.3 is 0 Å². The summed E-state index contributed by atoms with van der Waals surface area (Å²) in [7, 11) is -0.981. The first-order valence-corrected chi connectivity index (χ1v) is 15.0. The minimum atomic E-state index is -3.87. The van der Waals surface area contributed by atoms with Crippen LogP contribution < -0.4 is 14.4 Å². The lowest BCUT2D eigenvalue weighted by Gasteiger charge is -2.38. The largest absolute Gasteiger partial charge is 0.479 e. The molecule has 3 aromatic rings. The number of nitrogens with zero attached hydrogens (tertiary/aromatic N) is 8. The van der Waals surface area contributed by atoms with Crippen molar-refractivity contribution in [2.24, 2.45) is 0 Å². The van der Waals surface area contributed by atoms with E-state index < -0.39 is 38.9 Å². The fraction of sp³-hybridized carbons (Fsp3) is 0.600. The van der Waals surface area contributed by atoms with Crippen LogP contribution in [0.2, 0.25) is 0 Å². The Hall–Kier alpha value is -3.50. The number of ether oxygens (including phenoxy) is 4. The number of aromatic nitrogens is 7. The van der Waals surface area contributed by atoms with Crippen molar-refractivity contribution in [2.45, 2.75) is 62.4 Å². The van der Waals surface area contributed by atoms with Crippen molar-refractivity contribution in [1.29, 1.82) is 0 Å². The van der Waals surface area contributed by atoms with Gasteiger partial charge in [0.2, 0.25) is 17.7 Å². The molecule has 2 aliphatic heterocycles. The average molecular weight is 593 g/mol. The van der Waals surface area contributed by atoms with Crippen LogP contribution in [0.5, 0.6) is 11.8 Å². The summed E-state index contributed by atoms with van der Waals surface area (Å²) in [6.45, 7) is 4.78. The Bertz CT molecular complexity index is 1430. The van der Waals surface area contributed by atoms with Crippen molar-refractivity contribution in [2.75, 3.05) is 38.8 Å². The van der Waals surface area contributed by atoms with Crippen molar-refractivity contribution >= 4 is 15.8 Å². The maximum absolute atomic E-state index is 14.1. The van der Waals surface area contributed by atoms with Gasteiger partial charge in [0.15, 0.2) is 33.0 Å². The Morgan fingerprint density at radius 2 is 1.78 bits per heavy atom. The molecule has 3 atom stereocenters. The van der Waals surface area contributed by atoms with Crippen LogP contribution in [-0.2, 0) is 25.1 Å². The standard InChI is InChI=1S/C25H33FN8O6S/c1-15(2)40-17-8-18(12-33(11-17)25-27-9-16(26)10-28-25)41(35,36)13-20-31-32-22(19-6-5-7-39-19)34(20)21-23(37-3)29-14-30-24(21)38-4/h9-10,14-15,17-19H,5-8,11-13H2,1-4H3/t17-,18-,19-/m1/s1. The fourth-order valence-electron chi connectivity index (χ4n) is 5.18. The molecule has 0 amide bonds. The van der Waals surface area contributed by atoms with E-state index in [1.54, 1.807) is 9.47 Å². The average Bonchev–Trinajstić information content (AvgIpc) is 3.62. The van der Waals surface area contributed by atoms with Gasteiger partial charge in [0.1, 0.15) is 18.2 Å². The molecule has 5 rings (SSSR count). The number of rotatable bonds is 10. The van der Waals surface area contributed by atoms with Crippen LogP contribution in [0.4, 0.5) is 10.3 Å². The Morgan fingerprint density at radius 1 is 1.07 bits per heavy atom. The molecular formula is C25H33FN8O6S. The lowest BCUT2D eigenvalue weighted by atomic mass is 10.1. The van der Waals surface area contributed by atoms with Crippen molar-refractivity contribution in [1.82, 2.24) is 34.7 Å². The van der Waals surface area contributed by atoms with Crippen molar-refractivity contribution in [3.8, 4) is 17.4 Å². The number of methoxy groups -OCH3 is 2. The van der Waals surface area contributed by atoms with Crippen LogP contribution in [0.1, 0.15) is 50.9 Å². The van der Waals surface area contributed by atoms with Gasteiger partial charge in [0.05, 0.1) is 44.1 Å². The van der Waals surface area contributed by atoms with Crippen LogP contribution in [-0.4, -0.2) is 94.5 Å². The summed E-state index contributed by atoms with van der Waals surface area (Å²) in [5.41, 5.74) is 0.282. The molecular weight excluding hydrogens is 559 g/mol. The van der Waals surface area contributed by atoms with Crippen molar-refractivity contribution < 1.29 is 31.8 Å². The van der Waals surface area contributed by atoms with E-state index in [1.807, 2.05) is 13.8 Å². The van der Waals surface area contributed by atoms with Gasteiger partial charge in [-0.2, -0.15) is 9.97 Å². The van der Waals surface area contributed by atoms with Gasteiger partial charge in [-0.15, -0.1) is 10.2 Å². The third-order valence-corrected chi connectivity index (χ3v) is 8.92. The van der Waals surface area contributed by atoms with Crippen LogP contribution in [0.25, 0.3) is 5.69 Å². The summed E-state index contributed by atoms with van der Waals surface area (Å²) in [6, 6.07) is 0. The SMILES string of the molecule is COc1ncnc(OC)c1-n1c(CS(=O)(=O)[C@@H]2C[C@@H](OC(C)C)CN(c3ncc(F)cn3)C2)nnc1[C@H]1CCCO1. The molecule has 0 radical (unpaired) electrons. The first kappa shape index (κ1) is 29.0. The van der Waals surface area contributed by atoms with E-state index in [4.69, 9.17) is 18.9 Å². The monoisotopic (exact) mass is 592 g/mol. The Labute approximate surface area is 237 Å². The summed E-state index contributed by atoms with van der Waals surface area (Å²) in [6.07, 6.45) is 4.21. The number of halogens is 1. The Kier molecular flexibility index (Phi) is 8.60. The van der Waals surface area contributed by atoms with Gasteiger partial charge in [0.25, 0.3) is 0 Å². The van der Waals surface area contributed by atoms with E-state index in [2.05, 4.69) is 30.1 Å². The molecule has 14 nitrogen and oxygen atoms in total. The number of anilines is 1. The molecule has 0 spiro atoms. The van der Waals surface area contributed by atoms with Gasteiger partial charge in [-0.1, -0.05) is 0 Å². The van der Waals surface area contributed by atoms with Gasteiger partial charge in [-0.25, -0.2) is 22.8 Å². The quantitative estimate of drug-likeness (QED) is 0.336. The van der Waals surface area contributed by atoms with Gasteiger partial charge in [-0.05, 0) is 33.1 Å². The predicted octanol–water partition coefficient (Wildman–Crippen LogP) is 1.84. The molecule has 5 heterocycles. The van der Waals surface area contributed by atoms with Crippen molar-refractivity contribution in [3.05, 3.63) is 36.2 Å². The second-order valence-corrected chi connectivity index (χ2v) is 12.4. The molecule has 222 valence electrons. The number of hydrogen-bond donors (Lipinski definition) is 0. The maximum Gasteiger partial charge on any atom is 0.245 e. The molecule has 0 saturated carbocycles. The van der Waals surface area contributed by atoms with Crippen molar-refractivity contribution in [3.63, 3.8) is 0 Å². The highest BCUT2D eigenvalue weighted by molar-refractivity contribution is 7.91. The predicted molar refractivity (Wildman–Crippen MR) is 143 cm³/mol. The minimum absolute atomic E-state index is 0.0970. The zero-order valence-corrected chi connectivity index (χ0v) is 24.1. The highest BCUT2D eigenvalue weighted by Crippen LogP contribution is 2.36. The van der Waals surface area contributed by atoms with E-state index in [-0.39, 0.29) is 48.3 Å². The maximum atomic E-state index is 14.1. The number of hydrogen-bond acceptors (Lipinski definition) is 13. The Morgan fingerprint density at radius 3 is 2.39 bits per heavy atom. The normalized spacial score (nSPS) is 21.4. The number of piperidine rings is 1. The topological polar surface area (TPSA) is 157 Å². The van der Waals surface area contributed by atoms with E-state index in [0.29, 0.717) is 25.4 Å². The fourth-order valence-corrected chi connectivity index (χ4v) is 6.87. The smallest absolute Gasteiger partial charge is 0.245 e.